The molecule has 1 saturated heterocycles. The highest BCUT2D eigenvalue weighted by Gasteiger charge is 2.38. The number of aliphatic hydroxyl groups excluding tert-OH is 1. The first kappa shape index (κ1) is 28.9. The molecule has 2 heterocycles. The molecule has 0 bridgehead atoms. The van der Waals surface area contributed by atoms with Crippen LogP contribution in [0.4, 0.5) is 5.82 Å². The van der Waals surface area contributed by atoms with Crippen LogP contribution in [-0.2, 0) is 44.0 Å². The van der Waals surface area contributed by atoms with Gasteiger partial charge in [-0.25, -0.2) is 19.2 Å². The molecular formula is C20H33N4O10P. The Kier molecular flexibility index (Phi) is 10.8. The SMILES string of the molecule is COC(=O)COP(=O)(N[C@@H](CC(C)C)C(=O)OC)OC[C@@H]1C[C@H](O)C(Cn2ccc(N)nc2=O)O1. The minimum atomic E-state index is -4.23. The van der Waals surface area contributed by atoms with Gasteiger partial charge >= 0.3 is 25.4 Å². The maximum Gasteiger partial charge on any atom is 0.406 e. The summed E-state index contributed by atoms with van der Waals surface area (Å²) in [5, 5.41) is 12.9. The van der Waals surface area contributed by atoms with Crippen LogP contribution in [0.3, 0.4) is 0 Å². The molecule has 14 nitrogen and oxygen atoms in total. The Morgan fingerprint density at radius 3 is 2.66 bits per heavy atom. The van der Waals surface area contributed by atoms with Gasteiger partial charge in [-0.15, -0.1) is 0 Å². The molecule has 5 atom stereocenters. The molecule has 1 aliphatic heterocycles. The molecule has 0 aliphatic carbocycles. The molecule has 2 rings (SSSR count). The van der Waals surface area contributed by atoms with Crippen molar-refractivity contribution in [3.05, 3.63) is 22.7 Å². The molecule has 1 fully saturated rings. The zero-order valence-electron chi connectivity index (χ0n) is 20.1. The Morgan fingerprint density at radius 2 is 2.06 bits per heavy atom. The summed E-state index contributed by atoms with van der Waals surface area (Å²) in [4.78, 5) is 39.3. The number of aromatic nitrogens is 2. The van der Waals surface area contributed by atoms with E-state index in [0.29, 0.717) is 0 Å². The van der Waals surface area contributed by atoms with E-state index < -0.39 is 56.3 Å². The molecule has 0 aromatic carbocycles. The van der Waals surface area contributed by atoms with Crippen LogP contribution in [0.5, 0.6) is 0 Å². The lowest BCUT2D eigenvalue weighted by atomic mass is 10.1. The number of carbonyl (C=O) groups excluding carboxylic acids is 2. The number of carbonyl (C=O) groups is 2. The summed E-state index contributed by atoms with van der Waals surface area (Å²) in [6.45, 7) is 2.73. The predicted molar refractivity (Wildman–Crippen MR) is 122 cm³/mol. The summed E-state index contributed by atoms with van der Waals surface area (Å²) in [6.07, 6.45) is -0.617. The monoisotopic (exact) mass is 520 g/mol. The number of hydrogen-bond acceptors (Lipinski definition) is 12. The van der Waals surface area contributed by atoms with E-state index in [9.17, 15) is 24.1 Å². The quantitative estimate of drug-likeness (QED) is 0.230. The number of hydrogen-bond donors (Lipinski definition) is 3. The van der Waals surface area contributed by atoms with Crippen LogP contribution in [0.25, 0.3) is 0 Å². The fourth-order valence-electron chi connectivity index (χ4n) is 3.36. The smallest absolute Gasteiger partial charge is 0.406 e. The second-order valence-corrected chi connectivity index (χ2v) is 10.1. The second-order valence-electron chi connectivity index (χ2n) is 8.36. The van der Waals surface area contributed by atoms with Crippen molar-refractivity contribution in [3.8, 4) is 0 Å². The van der Waals surface area contributed by atoms with E-state index in [1.165, 1.54) is 23.9 Å². The maximum atomic E-state index is 13.4. The van der Waals surface area contributed by atoms with Gasteiger partial charge < -0.3 is 25.1 Å². The van der Waals surface area contributed by atoms with E-state index in [-0.39, 0.29) is 37.7 Å². The van der Waals surface area contributed by atoms with E-state index in [2.05, 4.69) is 14.8 Å². The van der Waals surface area contributed by atoms with Gasteiger partial charge in [0.25, 0.3) is 0 Å². The zero-order chi connectivity index (χ0) is 26.2. The average molecular weight is 520 g/mol. The Hall–Kier alpha value is -2.35. The van der Waals surface area contributed by atoms with E-state index in [4.69, 9.17) is 24.3 Å². The van der Waals surface area contributed by atoms with Gasteiger partial charge in [-0.2, -0.15) is 4.98 Å². The highest BCUT2D eigenvalue weighted by atomic mass is 31.2. The van der Waals surface area contributed by atoms with Crippen LogP contribution in [0.2, 0.25) is 0 Å². The fraction of sp³-hybridized carbons (Fsp3) is 0.700. The first-order chi connectivity index (χ1) is 16.5. The molecule has 198 valence electrons. The third kappa shape index (κ3) is 8.98. The molecule has 1 aliphatic rings. The molecule has 15 heteroatoms. The Morgan fingerprint density at radius 1 is 1.34 bits per heavy atom. The van der Waals surface area contributed by atoms with E-state index in [1.807, 2.05) is 13.8 Å². The van der Waals surface area contributed by atoms with Crippen LogP contribution in [-0.4, -0.2) is 78.4 Å². The van der Waals surface area contributed by atoms with Crippen molar-refractivity contribution in [2.24, 2.45) is 5.92 Å². The Labute approximate surface area is 202 Å². The number of nitrogen functional groups attached to an aromatic ring is 1. The van der Waals surface area contributed by atoms with Gasteiger partial charge in [-0.05, 0) is 18.4 Å². The Balaban J connectivity index is 2.07. The van der Waals surface area contributed by atoms with Crippen molar-refractivity contribution in [3.63, 3.8) is 0 Å². The first-order valence-electron chi connectivity index (χ1n) is 10.9. The number of nitrogens with one attached hydrogen (secondary N) is 1. The van der Waals surface area contributed by atoms with Crippen molar-refractivity contribution in [1.82, 2.24) is 14.6 Å². The van der Waals surface area contributed by atoms with Gasteiger partial charge in [0.2, 0.25) is 0 Å². The van der Waals surface area contributed by atoms with Crippen LogP contribution in [0.1, 0.15) is 26.7 Å². The van der Waals surface area contributed by atoms with Crippen molar-refractivity contribution in [1.29, 1.82) is 0 Å². The normalized spacial score (nSPS) is 22.5. The van der Waals surface area contributed by atoms with Gasteiger partial charge in [0.05, 0.1) is 39.6 Å². The molecule has 1 aromatic rings. The number of nitrogens with two attached hydrogens (primary N) is 1. The summed E-state index contributed by atoms with van der Waals surface area (Å²) in [6, 6.07) is 0.412. The highest BCUT2D eigenvalue weighted by Crippen LogP contribution is 2.45. The zero-order valence-corrected chi connectivity index (χ0v) is 21.0. The lowest BCUT2D eigenvalue weighted by molar-refractivity contribution is -0.143. The molecule has 1 aromatic heterocycles. The molecule has 0 spiro atoms. The van der Waals surface area contributed by atoms with Gasteiger partial charge in [-0.3, -0.25) is 18.4 Å². The van der Waals surface area contributed by atoms with Crippen LogP contribution >= 0.6 is 7.75 Å². The highest BCUT2D eigenvalue weighted by molar-refractivity contribution is 7.51. The number of anilines is 1. The second kappa shape index (κ2) is 13.1. The lowest BCUT2D eigenvalue weighted by Crippen LogP contribution is -2.38. The van der Waals surface area contributed by atoms with Gasteiger partial charge in [0.1, 0.15) is 18.0 Å². The summed E-state index contributed by atoms with van der Waals surface area (Å²) in [5.41, 5.74) is 4.89. The van der Waals surface area contributed by atoms with Crippen LogP contribution in [0, 0.1) is 5.92 Å². The summed E-state index contributed by atoms with van der Waals surface area (Å²) >= 11 is 0. The van der Waals surface area contributed by atoms with Crippen molar-refractivity contribution in [2.75, 3.05) is 33.2 Å². The van der Waals surface area contributed by atoms with Gasteiger partial charge in [-0.1, -0.05) is 13.8 Å². The first-order valence-corrected chi connectivity index (χ1v) is 12.5. The lowest BCUT2D eigenvalue weighted by Gasteiger charge is -2.25. The van der Waals surface area contributed by atoms with Crippen molar-refractivity contribution in [2.45, 2.75) is 57.6 Å². The third-order valence-electron chi connectivity index (χ3n) is 5.09. The minimum Gasteiger partial charge on any atom is -0.468 e. The predicted octanol–water partition coefficient (Wildman–Crippen LogP) is -0.164. The van der Waals surface area contributed by atoms with E-state index in [0.717, 1.165) is 7.11 Å². The van der Waals surface area contributed by atoms with Crippen LogP contribution < -0.4 is 16.5 Å². The largest absolute Gasteiger partial charge is 0.468 e. The number of rotatable bonds is 13. The topological polar surface area (TPSA) is 191 Å². The summed E-state index contributed by atoms with van der Waals surface area (Å²) in [5.74, 6) is -1.38. The van der Waals surface area contributed by atoms with Crippen LogP contribution in [0.15, 0.2) is 17.1 Å². The van der Waals surface area contributed by atoms with Crippen molar-refractivity contribution >= 4 is 25.5 Å². The Bertz CT molecular complexity index is 971. The average Bonchev–Trinajstić information content (AvgIpc) is 3.16. The number of aliphatic hydroxyl groups is 1. The van der Waals surface area contributed by atoms with Gasteiger partial charge in [0, 0.05) is 12.6 Å². The molecular weight excluding hydrogens is 487 g/mol. The fourth-order valence-corrected chi connectivity index (χ4v) is 4.81. The number of methoxy groups -OCH3 is 2. The number of ether oxygens (including phenoxy) is 3. The molecule has 35 heavy (non-hydrogen) atoms. The maximum absolute atomic E-state index is 13.4. The minimum absolute atomic E-state index is 0.0112. The standard InChI is InChI=1S/C20H33N4O10P/c1-12(2)7-14(19(27)31-4)23-35(29,33-11-18(26)30-3)32-10-13-8-15(25)16(34-13)9-24-6-5-17(21)22-20(24)28/h5-6,12-16,25H,7-11H2,1-4H3,(H,23,29)(H2,21,22,28)/t13-,14-,15-,16?,35?/m0/s1. The van der Waals surface area contributed by atoms with E-state index >= 15 is 0 Å². The molecule has 2 unspecified atom stereocenters. The number of esters is 2. The molecule has 4 N–H and O–H groups in total. The van der Waals surface area contributed by atoms with Crippen molar-refractivity contribution < 1.29 is 42.5 Å². The van der Waals surface area contributed by atoms with Gasteiger partial charge in [0.15, 0.2) is 6.61 Å². The summed E-state index contributed by atoms with van der Waals surface area (Å²) < 4.78 is 40.3. The molecule has 0 amide bonds. The summed E-state index contributed by atoms with van der Waals surface area (Å²) in [7, 11) is -1.91. The third-order valence-corrected chi connectivity index (χ3v) is 6.68. The molecule has 0 saturated carbocycles. The number of nitrogens with zero attached hydrogens (tertiary/aromatic N) is 2. The molecule has 0 radical (unpaired) electrons. The van der Waals surface area contributed by atoms with E-state index in [1.54, 1.807) is 0 Å².